The maximum Gasteiger partial charge on any atom is 0.257 e. The highest BCUT2D eigenvalue weighted by atomic mass is 16.5. The summed E-state index contributed by atoms with van der Waals surface area (Å²) in [6.45, 7) is 1.85. The average molecular weight is 366 g/mol. The smallest absolute Gasteiger partial charge is 0.257 e. The summed E-state index contributed by atoms with van der Waals surface area (Å²) in [6.07, 6.45) is 1.57. The first kappa shape index (κ1) is 18.5. The van der Waals surface area contributed by atoms with Crippen LogP contribution in [0.4, 0.5) is 0 Å². The van der Waals surface area contributed by atoms with Crippen molar-refractivity contribution >= 4 is 16.8 Å². The van der Waals surface area contributed by atoms with Crippen molar-refractivity contribution in [1.29, 1.82) is 0 Å². The molecule has 1 aromatic heterocycles. The summed E-state index contributed by atoms with van der Waals surface area (Å²) in [5, 5.41) is 3.41. The van der Waals surface area contributed by atoms with Gasteiger partial charge in [0.2, 0.25) is 5.43 Å². The summed E-state index contributed by atoms with van der Waals surface area (Å²) < 4.78 is 12.3. The second-order valence-corrected chi connectivity index (χ2v) is 6.31. The average Bonchev–Trinajstić information content (AvgIpc) is 2.69. The molecule has 140 valence electrons. The number of fused-ring (bicyclic) bond motifs is 1. The Labute approximate surface area is 157 Å². The number of rotatable bonds is 5. The second-order valence-electron chi connectivity index (χ2n) is 6.31. The number of hydrogen-bond acceptors (Lipinski definition) is 4. The third-order valence-corrected chi connectivity index (χ3v) is 4.60. The topological polar surface area (TPSA) is 69.6 Å². The van der Waals surface area contributed by atoms with Crippen LogP contribution in [0.1, 0.15) is 28.9 Å². The standard InChI is InChI=1S/C21H22N2O4/c1-13(14-9-10-18(26-3)19(11-14)27-4)22-21(25)16-12-23(2)17-8-6-5-7-15(17)20(16)24/h5-13H,1-4H3,(H,22,25). The lowest BCUT2D eigenvalue weighted by atomic mass is 10.1. The normalized spacial score (nSPS) is 11.9. The Kier molecular flexibility index (Phi) is 5.16. The van der Waals surface area contributed by atoms with Crippen molar-refractivity contribution in [2.75, 3.05) is 14.2 Å². The molecule has 0 bridgehead atoms. The summed E-state index contributed by atoms with van der Waals surface area (Å²) in [4.78, 5) is 25.5. The van der Waals surface area contributed by atoms with Gasteiger partial charge in [0, 0.05) is 18.6 Å². The van der Waals surface area contributed by atoms with Crippen molar-refractivity contribution in [3.05, 3.63) is 70.0 Å². The Morgan fingerprint density at radius 3 is 2.48 bits per heavy atom. The number of ether oxygens (including phenoxy) is 2. The van der Waals surface area contributed by atoms with Crippen LogP contribution in [0.25, 0.3) is 10.9 Å². The molecule has 0 spiro atoms. The van der Waals surface area contributed by atoms with Gasteiger partial charge < -0.3 is 19.4 Å². The van der Waals surface area contributed by atoms with Gasteiger partial charge in [-0.15, -0.1) is 0 Å². The van der Waals surface area contributed by atoms with Crippen molar-refractivity contribution in [1.82, 2.24) is 9.88 Å². The number of nitrogens with one attached hydrogen (secondary N) is 1. The quantitative estimate of drug-likeness (QED) is 0.754. The largest absolute Gasteiger partial charge is 0.493 e. The molecule has 0 aliphatic rings. The third-order valence-electron chi connectivity index (χ3n) is 4.60. The molecule has 2 aromatic carbocycles. The highest BCUT2D eigenvalue weighted by Gasteiger charge is 2.18. The number of methoxy groups -OCH3 is 2. The van der Waals surface area contributed by atoms with E-state index in [0.717, 1.165) is 11.1 Å². The molecule has 3 aromatic rings. The monoisotopic (exact) mass is 366 g/mol. The van der Waals surface area contributed by atoms with Crippen LogP contribution in [0.3, 0.4) is 0 Å². The fourth-order valence-electron chi connectivity index (χ4n) is 3.08. The molecular formula is C21H22N2O4. The predicted octanol–water partition coefficient (Wildman–Crippen LogP) is 3.05. The van der Waals surface area contributed by atoms with E-state index in [9.17, 15) is 9.59 Å². The van der Waals surface area contributed by atoms with E-state index in [-0.39, 0.29) is 17.0 Å². The van der Waals surface area contributed by atoms with E-state index in [1.54, 1.807) is 43.2 Å². The molecule has 1 N–H and O–H groups in total. The molecule has 1 amide bonds. The summed E-state index contributed by atoms with van der Waals surface area (Å²) in [7, 11) is 4.94. The number of hydrogen-bond donors (Lipinski definition) is 1. The molecule has 3 rings (SSSR count). The maximum atomic E-state index is 12.7. The van der Waals surface area contributed by atoms with Crippen LogP contribution >= 0.6 is 0 Å². The van der Waals surface area contributed by atoms with Crippen LogP contribution in [-0.2, 0) is 7.05 Å². The summed E-state index contributed by atoms with van der Waals surface area (Å²) in [5.41, 5.74) is 1.47. The summed E-state index contributed by atoms with van der Waals surface area (Å²) >= 11 is 0. The number of para-hydroxylation sites is 1. The third kappa shape index (κ3) is 3.51. The number of carbonyl (C=O) groups is 1. The van der Waals surface area contributed by atoms with Gasteiger partial charge in [0.25, 0.3) is 5.91 Å². The predicted molar refractivity (Wildman–Crippen MR) is 105 cm³/mol. The Morgan fingerprint density at radius 2 is 1.78 bits per heavy atom. The van der Waals surface area contributed by atoms with Gasteiger partial charge in [0.15, 0.2) is 11.5 Å². The lowest BCUT2D eigenvalue weighted by Gasteiger charge is -2.17. The molecule has 0 saturated heterocycles. The van der Waals surface area contributed by atoms with Crippen molar-refractivity contribution in [3.63, 3.8) is 0 Å². The second kappa shape index (κ2) is 7.53. The molecule has 0 radical (unpaired) electrons. The molecule has 6 nitrogen and oxygen atoms in total. The van der Waals surface area contributed by atoms with Gasteiger partial charge in [-0.2, -0.15) is 0 Å². The maximum absolute atomic E-state index is 12.7. The van der Waals surface area contributed by atoms with Gasteiger partial charge in [-0.25, -0.2) is 0 Å². The van der Waals surface area contributed by atoms with Gasteiger partial charge >= 0.3 is 0 Å². The van der Waals surface area contributed by atoms with E-state index in [1.807, 2.05) is 38.2 Å². The van der Waals surface area contributed by atoms with Crippen molar-refractivity contribution in [2.45, 2.75) is 13.0 Å². The zero-order chi connectivity index (χ0) is 19.6. The number of nitrogens with zero attached hydrogens (tertiary/aromatic N) is 1. The Balaban J connectivity index is 1.90. The van der Waals surface area contributed by atoms with E-state index in [4.69, 9.17) is 9.47 Å². The SMILES string of the molecule is COc1ccc(C(C)NC(=O)c2cn(C)c3ccccc3c2=O)cc1OC. The molecule has 0 aliphatic carbocycles. The molecule has 1 atom stereocenters. The van der Waals surface area contributed by atoms with Crippen LogP contribution in [0.5, 0.6) is 11.5 Å². The lowest BCUT2D eigenvalue weighted by molar-refractivity contribution is 0.0938. The van der Waals surface area contributed by atoms with Crippen LogP contribution in [0.15, 0.2) is 53.5 Å². The van der Waals surface area contributed by atoms with Crippen molar-refractivity contribution in [3.8, 4) is 11.5 Å². The number of aromatic nitrogens is 1. The van der Waals surface area contributed by atoms with E-state index in [1.165, 1.54) is 0 Å². The van der Waals surface area contributed by atoms with E-state index < -0.39 is 5.91 Å². The number of benzene rings is 2. The van der Waals surface area contributed by atoms with E-state index in [0.29, 0.717) is 16.9 Å². The fraction of sp³-hybridized carbons (Fsp3) is 0.238. The first-order chi connectivity index (χ1) is 13.0. The van der Waals surface area contributed by atoms with Gasteiger partial charge in [-0.3, -0.25) is 9.59 Å². The zero-order valence-corrected chi connectivity index (χ0v) is 15.8. The molecule has 0 saturated carbocycles. The van der Waals surface area contributed by atoms with Crippen molar-refractivity contribution in [2.24, 2.45) is 7.05 Å². The first-order valence-corrected chi connectivity index (χ1v) is 8.57. The van der Waals surface area contributed by atoms with E-state index in [2.05, 4.69) is 5.32 Å². The van der Waals surface area contributed by atoms with Crippen LogP contribution in [-0.4, -0.2) is 24.7 Å². The Bertz CT molecular complexity index is 1060. The molecule has 27 heavy (non-hydrogen) atoms. The van der Waals surface area contributed by atoms with Gasteiger partial charge in [0.1, 0.15) is 5.56 Å². The molecule has 1 unspecified atom stereocenters. The number of carbonyl (C=O) groups excluding carboxylic acids is 1. The van der Waals surface area contributed by atoms with E-state index >= 15 is 0 Å². The molecule has 0 aliphatic heterocycles. The van der Waals surface area contributed by atoms with Crippen LogP contribution in [0.2, 0.25) is 0 Å². The number of pyridine rings is 1. The van der Waals surface area contributed by atoms with Crippen molar-refractivity contribution < 1.29 is 14.3 Å². The van der Waals surface area contributed by atoms with Crippen LogP contribution < -0.4 is 20.2 Å². The minimum Gasteiger partial charge on any atom is -0.493 e. The summed E-state index contributed by atoms with van der Waals surface area (Å²) in [6, 6.07) is 12.4. The molecular weight excluding hydrogens is 344 g/mol. The van der Waals surface area contributed by atoms with Gasteiger partial charge in [0.05, 0.1) is 25.8 Å². The highest BCUT2D eigenvalue weighted by molar-refractivity contribution is 5.97. The zero-order valence-electron chi connectivity index (χ0n) is 15.8. The number of amides is 1. The number of aryl methyl sites for hydroxylation is 1. The van der Waals surface area contributed by atoms with Crippen LogP contribution in [0, 0.1) is 0 Å². The highest BCUT2D eigenvalue weighted by Crippen LogP contribution is 2.29. The minimum absolute atomic E-state index is 0.114. The molecule has 0 fully saturated rings. The minimum atomic E-state index is -0.413. The van der Waals surface area contributed by atoms with Gasteiger partial charge in [-0.05, 0) is 36.8 Å². The Hall–Kier alpha value is -3.28. The summed E-state index contributed by atoms with van der Waals surface area (Å²) in [5.74, 6) is 0.782. The molecule has 1 heterocycles. The fourth-order valence-corrected chi connectivity index (χ4v) is 3.08. The Morgan fingerprint density at radius 1 is 1.07 bits per heavy atom. The molecule has 6 heteroatoms. The first-order valence-electron chi connectivity index (χ1n) is 8.57. The lowest BCUT2D eigenvalue weighted by Crippen LogP contribution is -2.31. The van der Waals surface area contributed by atoms with Gasteiger partial charge in [-0.1, -0.05) is 18.2 Å².